The molecule has 31 heavy (non-hydrogen) atoms. The van der Waals surface area contributed by atoms with Crippen LogP contribution in [-0.2, 0) is 17.9 Å². The van der Waals surface area contributed by atoms with Crippen molar-refractivity contribution in [1.29, 1.82) is 0 Å². The van der Waals surface area contributed by atoms with Crippen molar-refractivity contribution in [3.05, 3.63) is 35.4 Å². The Morgan fingerprint density at radius 3 is 2.48 bits per heavy atom. The third-order valence-corrected chi connectivity index (χ3v) is 7.24. The van der Waals surface area contributed by atoms with Crippen LogP contribution in [0.25, 0.3) is 0 Å². The maximum absolute atomic E-state index is 11.5. The molecule has 6 nitrogen and oxygen atoms in total. The van der Waals surface area contributed by atoms with Gasteiger partial charge in [-0.3, -0.25) is 14.7 Å². The van der Waals surface area contributed by atoms with Gasteiger partial charge in [0.25, 0.3) is 0 Å². The fourth-order valence-corrected chi connectivity index (χ4v) is 5.62. The van der Waals surface area contributed by atoms with Gasteiger partial charge >= 0.3 is 0 Å². The second kappa shape index (κ2) is 11.5. The summed E-state index contributed by atoms with van der Waals surface area (Å²) in [6.45, 7) is 5.79. The van der Waals surface area contributed by atoms with Crippen LogP contribution in [0.5, 0.6) is 0 Å². The summed E-state index contributed by atoms with van der Waals surface area (Å²) in [5, 5.41) is 3.59. The molecule has 3 unspecified atom stereocenters. The van der Waals surface area contributed by atoms with Crippen molar-refractivity contribution in [1.82, 2.24) is 15.1 Å². The SMILES string of the molecule is CN=C(NCc1cccc(CN2CCCC(C(N)=O)C2)c1)N1CC2CCCCC2C1.I. The summed E-state index contributed by atoms with van der Waals surface area (Å²) in [6.07, 6.45) is 7.52. The Morgan fingerprint density at radius 2 is 1.81 bits per heavy atom. The zero-order chi connectivity index (χ0) is 20.9. The first-order valence-electron chi connectivity index (χ1n) is 11.7. The predicted octanol–water partition coefficient (Wildman–Crippen LogP) is 3.20. The minimum atomic E-state index is -0.161. The van der Waals surface area contributed by atoms with E-state index >= 15 is 0 Å². The third kappa shape index (κ3) is 6.34. The fourth-order valence-electron chi connectivity index (χ4n) is 5.62. The highest BCUT2D eigenvalue weighted by Crippen LogP contribution is 2.36. The van der Waals surface area contributed by atoms with E-state index < -0.39 is 0 Å². The highest BCUT2D eigenvalue weighted by atomic mass is 127. The molecule has 7 heteroatoms. The van der Waals surface area contributed by atoms with E-state index in [9.17, 15) is 4.79 Å². The molecule has 172 valence electrons. The number of rotatable bonds is 5. The number of likely N-dealkylation sites (tertiary alicyclic amines) is 2. The summed E-state index contributed by atoms with van der Waals surface area (Å²) in [6, 6.07) is 8.76. The van der Waals surface area contributed by atoms with E-state index in [-0.39, 0.29) is 35.8 Å². The Hall–Kier alpha value is -1.35. The second-order valence-corrected chi connectivity index (χ2v) is 9.41. The van der Waals surface area contributed by atoms with Gasteiger partial charge in [0, 0.05) is 39.8 Å². The average Bonchev–Trinajstić information content (AvgIpc) is 3.19. The minimum Gasteiger partial charge on any atom is -0.369 e. The number of carbonyl (C=O) groups excluding carboxylic acids is 1. The molecule has 1 aromatic rings. The molecule has 4 rings (SSSR count). The molecule has 2 aliphatic heterocycles. The summed E-state index contributed by atoms with van der Waals surface area (Å²) < 4.78 is 0. The van der Waals surface area contributed by atoms with Gasteiger partial charge in [-0.15, -0.1) is 24.0 Å². The maximum atomic E-state index is 11.5. The standard InChI is InChI=1S/C24H37N5O.HI/c1-26-24(29-16-20-8-2-3-9-21(20)17-29)27-13-18-6-4-7-19(12-18)14-28-11-5-10-22(15-28)23(25)30;/h4,6-7,12,20-22H,2-3,5,8-11,13-17H2,1H3,(H2,25,30)(H,26,27);1H. The lowest BCUT2D eigenvalue weighted by Crippen LogP contribution is -2.40. The van der Waals surface area contributed by atoms with Gasteiger partial charge in [0.05, 0.1) is 5.92 Å². The van der Waals surface area contributed by atoms with Crippen LogP contribution in [0, 0.1) is 17.8 Å². The lowest BCUT2D eigenvalue weighted by atomic mass is 9.82. The Labute approximate surface area is 204 Å². The lowest BCUT2D eigenvalue weighted by molar-refractivity contribution is -0.123. The topological polar surface area (TPSA) is 74.0 Å². The second-order valence-electron chi connectivity index (χ2n) is 9.41. The molecule has 3 N–H and O–H groups in total. The quantitative estimate of drug-likeness (QED) is 0.343. The largest absolute Gasteiger partial charge is 0.369 e. The van der Waals surface area contributed by atoms with Crippen LogP contribution in [0.1, 0.15) is 49.7 Å². The fraction of sp³-hybridized carbons (Fsp3) is 0.667. The number of nitrogens with one attached hydrogen (secondary N) is 1. The number of amides is 1. The number of nitrogens with zero attached hydrogens (tertiary/aromatic N) is 3. The van der Waals surface area contributed by atoms with Gasteiger partial charge in [0.2, 0.25) is 5.91 Å². The average molecular weight is 540 g/mol. The highest BCUT2D eigenvalue weighted by Gasteiger charge is 2.35. The van der Waals surface area contributed by atoms with E-state index in [1.807, 2.05) is 7.05 Å². The molecule has 0 radical (unpaired) electrons. The number of carbonyl (C=O) groups is 1. The first-order chi connectivity index (χ1) is 14.6. The Morgan fingerprint density at radius 1 is 1.10 bits per heavy atom. The van der Waals surface area contributed by atoms with Crippen molar-refractivity contribution in [2.75, 3.05) is 33.2 Å². The van der Waals surface area contributed by atoms with E-state index in [2.05, 4.69) is 44.4 Å². The van der Waals surface area contributed by atoms with Gasteiger partial charge in [0.1, 0.15) is 0 Å². The Balaban J connectivity index is 0.00000272. The van der Waals surface area contributed by atoms with Crippen LogP contribution in [0.2, 0.25) is 0 Å². The molecule has 3 aliphatic rings. The van der Waals surface area contributed by atoms with Crippen molar-refractivity contribution in [3.63, 3.8) is 0 Å². The molecule has 1 aliphatic carbocycles. The molecule has 2 heterocycles. The maximum Gasteiger partial charge on any atom is 0.221 e. The molecule has 1 aromatic carbocycles. The first-order valence-corrected chi connectivity index (χ1v) is 11.7. The number of halogens is 1. The first kappa shape index (κ1) is 24.3. The van der Waals surface area contributed by atoms with E-state index in [1.165, 1.54) is 36.8 Å². The Bertz CT molecular complexity index is 756. The van der Waals surface area contributed by atoms with Crippen LogP contribution in [0.4, 0.5) is 0 Å². The molecule has 3 atom stereocenters. The van der Waals surface area contributed by atoms with Gasteiger partial charge in [0.15, 0.2) is 5.96 Å². The summed E-state index contributed by atoms with van der Waals surface area (Å²) in [5.74, 6) is 2.58. The van der Waals surface area contributed by atoms with E-state index in [0.717, 1.165) is 69.9 Å². The number of guanidine groups is 1. The van der Waals surface area contributed by atoms with Crippen molar-refractivity contribution in [2.24, 2.45) is 28.5 Å². The number of hydrogen-bond acceptors (Lipinski definition) is 3. The molecule has 1 amide bonds. The van der Waals surface area contributed by atoms with Crippen molar-refractivity contribution in [3.8, 4) is 0 Å². The number of fused-ring (bicyclic) bond motifs is 1. The van der Waals surface area contributed by atoms with Crippen LogP contribution in [-0.4, -0.2) is 54.9 Å². The number of aliphatic imine (C=N–C) groups is 1. The summed E-state index contributed by atoms with van der Waals surface area (Å²) in [7, 11) is 1.90. The normalized spacial score (nSPS) is 26.8. The van der Waals surface area contributed by atoms with Crippen LogP contribution >= 0.6 is 24.0 Å². The van der Waals surface area contributed by atoms with Gasteiger partial charge in [-0.2, -0.15) is 0 Å². The minimum absolute atomic E-state index is 0. The smallest absolute Gasteiger partial charge is 0.221 e. The van der Waals surface area contributed by atoms with Crippen LogP contribution in [0.15, 0.2) is 29.3 Å². The van der Waals surface area contributed by atoms with Crippen molar-refractivity contribution in [2.45, 2.75) is 51.6 Å². The number of nitrogens with two attached hydrogens (primary N) is 1. The molecule has 0 spiro atoms. The van der Waals surface area contributed by atoms with Crippen LogP contribution < -0.4 is 11.1 Å². The molecule has 0 bridgehead atoms. The molecular weight excluding hydrogens is 501 g/mol. The van der Waals surface area contributed by atoms with Crippen LogP contribution in [0.3, 0.4) is 0 Å². The highest BCUT2D eigenvalue weighted by molar-refractivity contribution is 14.0. The van der Waals surface area contributed by atoms with Gasteiger partial charge in [-0.25, -0.2) is 0 Å². The van der Waals surface area contributed by atoms with Crippen molar-refractivity contribution >= 4 is 35.8 Å². The van der Waals surface area contributed by atoms with E-state index in [0.29, 0.717) is 0 Å². The van der Waals surface area contributed by atoms with Gasteiger partial charge < -0.3 is 16.0 Å². The number of primary amides is 1. The van der Waals surface area contributed by atoms with E-state index in [4.69, 9.17) is 5.73 Å². The molecular formula is C24H38IN5O. The molecule has 0 aromatic heterocycles. The number of piperidine rings is 1. The van der Waals surface area contributed by atoms with E-state index in [1.54, 1.807) is 0 Å². The monoisotopic (exact) mass is 539 g/mol. The summed E-state index contributed by atoms with van der Waals surface area (Å²) >= 11 is 0. The summed E-state index contributed by atoms with van der Waals surface area (Å²) in [4.78, 5) is 20.9. The summed E-state index contributed by atoms with van der Waals surface area (Å²) in [5.41, 5.74) is 8.09. The number of hydrogen-bond donors (Lipinski definition) is 2. The third-order valence-electron chi connectivity index (χ3n) is 7.24. The molecule has 2 saturated heterocycles. The molecule has 3 fully saturated rings. The lowest BCUT2D eigenvalue weighted by Gasteiger charge is -2.31. The number of benzene rings is 1. The zero-order valence-corrected chi connectivity index (χ0v) is 21.1. The molecule has 1 saturated carbocycles. The predicted molar refractivity (Wildman–Crippen MR) is 136 cm³/mol. The zero-order valence-electron chi connectivity index (χ0n) is 18.8. The van der Waals surface area contributed by atoms with Crippen molar-refractivity contribution < 1.29 is 4.79 Å². The van der Waals surface area contributed by atoms with Gasteiger partial charge in [-0.05, 0) is 55.2 Å². The van der Waals surface area contributed by atoms with Gasteiger partial charge in [-0.1, -0.05) is 37.1 Å². The Kier molecular flexibility index (Phi) is 9.01.